The van der Waals surface area contributed by atoms with Gasteiger partial charge in [0.15, 0.2) is 0 Å². The molecule has 14 heteroatoms. The first-order valence-corrected chi connectivity index (χ1v) is 5.73. The molecule has 0 rings (SSSR count). The highest BCUT2D eigenvalue weighted by atomic mass is 19.4. The Morgan fingerprint density at radius 3 is 1.32 bits per heavy atom. The Hall–Kier alpha value is -1.63. The van der Waals surface area contributed by atoms with E-state index in [9.17, 15) is 57.5 Å². The van der Waals surface area contributed by atoms with Crippen molar-refractivity contribution in [2.75, 3.05) is 0 Å². The molecule has 0 unspecified atom stereocenters. The van der Waals surface area contributed by atoms with Gasteiger partial charge in [0.1, 0.15) is 0 Å². The van der Waals surface area contributed by atoms with Gasteiger partial charge in [0, 0.05) is 12.5 Å². The Balaban J connectivity index is 6.20. The van der Waals surface area contributed by atoms with Crippen molar-refractivity contribution in [1.29, 1.82) is 0 Å². The van der Waals surface area contributed by atoms with Crippen LogP contribution >= 0.6 is 0 Å². The van der Waals surface area contributed by atoms with Gasteiger partial charge in [0.2, 0.25) is 0 Å². The summed E-state index contributed by atoms with van der Waals surface area (Å²) in [5, 5.41) is 0. The Bertz CT molecular complexity index is 546. The number of hydrogen-bond donors (Lipinski definition) is 0. The van der Waals surface area contributed by atoms with Crippen molar-refractivity contribution in [3.63, 3.8) is 0 Å². The maximum Gasteiger partial charge on any atom is 0.473 e. The predicted molar refractivity (Wildman–Crippen MR) is 56.3 cm³/mol. The van der Waals surface area contributed by atoms with Crippen molar-refractivity contribution in [3.05, 3.63) is 12.2 Å². The van der Waals surface area contributed by atoms with Gasteiger partial charge < -0.3 is 4.74 Å². The third-order valence-corrected chi connectivity index (χ3v) is 2.67. The zero-order chi connectivity index (χ0) is 20.9. The monoisotopic (exact) mass is 400 g/mol. The molecule has 0 radical (unpaired) electrons. The van der Waals surface area contributed by atoms with E-state index in [-0.39, 0.29) is 0 Å². The highest BCUT2D eigenvalue weighted by Gasteiger charge is 2.90. The van der Waals surface area contributed by atoms with Crippen LogP contribution in [-0.4, -0.2) is 41.7 Å². The lowest BCUT2D eigenvalue weighted by Crippen LogP contribution is -2.70. The van der Waals surface area contributed by atoms with Crippen LogP contribution in [0.5, 0.6) is 0 Å². The van der Waals surface area contributed by atoms with Gasteiger partial charge in [-0.25, -0.2) is 4.79 Å². The first-order chi connectivity index (χ1) is 10.6. The number of ether oxygens (including phenoxy) is 1. The van der Waals surface area contributed by atoms with Crippen LogP contribution in [-0.2, 0) is 9.53 Å². The van der Waals surface area contributed by atoms with Crippen LogP contribution in [0.1, 0.15) is 13.8 Å². The minimum absolute atomic E-state index is 0.565. The van der Waals surface area contributed by atoms with E-state index in [1.165, 1.54) is 0 Å². The summed E-state index contributed by atoms with van der Waals surface area (Å²) in [6.07, 6.45) is -6.77. The molecular formula is C11H8F12O2. The lowest BCUT2D eigenvalue weighted by molar-refractivity contribution is -0.449. The standard InChI is InChI=1S/C11H8F12O2/c1-4(2)5(24)25-11(22,23)10(20,21)9(18,19)8(16,17)7(14,15)6(3,12)13/h1H2,2-3H3. The van der Waals surface area contributed by atoms with E-state index in [4.69, 9.17) is 0 Å². The van der Waals surface area contributed by atoms with Crippen molar-refractivity contribution in [1.82, 2.24) is 0 Å². The van der Waals surface area contributed by atoms with Gasteiger partial charge in [0.05, 0.1) is 0 Å². The van der Waals surface area contributed by atoms with Crippen molar-refractivity contribution in [2.24, 2.45) is 0 Å². The van der Waals surface area contributed by atoms with Crippen molar-refractivity contribution in [3.8, 4) is 0 Å². The molecule has 0 saturated carbocycles. The molecule has 0 aromatic rings. The van der Waals surface area contributed by atoms with E-state index in [1.807, 2.05) is 0 Å². The van der Waals surface area contributed by atoms with Crippen molar-refractivity contribution in [2.45, 2.75) is 49.6 Å². The van der Waals surface area contributed by atoms with Gasteiger partial charge in [-0.2, -0.15) is 52.7 Å². The van der Waals surface area contributed by atoms with Gasteiger partial charge in [-0.1, -0.05) is 6.58 Å². The molecule has 0 amide bonds. The van der Waals surface area contributed by atoms with Gasteiger partial charge in [0.25, 0.3) is 0 Å². The normalized spacial score (nSPS) is 15.1. The maximum absolute atomic E-state index is 13.2. The molecule has 0 aliphatic rings. The number of hydrogen-bond acceptors (Lipinski definition) is 2. The van der Waals surface area contributed by atoms with E-state index in [2.05, 4.69) is 11.3 Å². The van der Waals surface area contributed by atoms with Crippen LogP contribution in [0.3, 0.4) is 0 Å². The fourth-order valence-corrected chi connectivity index (χ4v) is 1.12. The molecule has 0 aromatic carbocycles. The Labute approximate surface area is 131 Å². The van der Waals surface area contributed by atoms with Crippen LogP contribution in [0, 0.1) is 0 Å². The largest absolute Gasteiger partial charge is 0.473 e. The summed E-state index contributed by atoms with van der Waals surface area (Å²) >= 11 is 0. The van der Waals surface area contributed by atoms with Gasteiger partial charge in [-0.15, -0.1) is 0 Å². The number of carbonyl (C=O) groups excluding carboxylic acids is 1. The molecule has 0 aromatic heterocycles. The smallest absolute Gasteiger partial charge is 0.393 e. The minimum atomic E-state index is -7.76. The molecule has 2 nitrogen and oxygen atoms in total. The average molecular weight is 400 g/mol. The quantitative estimate of drug-likeness (QED) is 0.346. The Kier molecular flexibility index (Phi) is 5.58. The Morgan fingerprint density at radius 1 is 0.720 bits per heavy atom. The molecule has 0 atom stereocenters. The number of alkyl halides is 12. The molecule has 25 heavy (non-hydrogen) atoms. The fourth-order valence-electron chi connectivity index (χ4n) is 1.12. The second-order valence-electron chi connectivity index (χ2n) is 4.87. The van der Waals surface area contributed by atoms with Crippen molar-refractivity contribution < 1.29 is 62.2 Å². The summed E-state index contributed by atoms with van der Waals surface area (Å²) in [6.45, 7) is 2.14. The van der Waals surface area contributed by atoms with Gasteiger partial charge in [-0.05, 0) is 6.92 Å². The second-order valence-corrected chi connectivity index (χ2v) is 4.87. The van der Waals surface area contributed by atoms with Crippen LogP contribution in [0.4, 0.5) is 52.7 Å². The molecule has 0 bridgehead atoms. The topological polar surface area (TPSA) is 26.3 Å². The summed E-state index contributed by atoms with van der Waals surface area (Å²) in [7, 11) is 0. The predicted octanol–water partition coefficient (Wildman–Crippen LogP) is 4.89. The third-order valence-electron chi connectivity index (χ3n) is 2.67. The SMILES string of the molecule is C=C(C)C(=O)OC(F)(F)C(F)(F)C(F)(F)C(F)(F)C(F)(F)C(C)(F)F. The molecule has 0 N–H and O–H groups in total. The molecule has 0 spiro atoms. The Morgan fingerprint density at radius 2 is 1.04 bits per heavy atom. The van der Waals surface area contributed by atoms with E-state index < -0.39 is 54.2 Å². The highest BCUT2D eigenvalue weighted by molar-refractivity contribution is 5.87. The molecule has 0 saturated heterocycles. The fraction of sp³-hybridized carbons (Fsp3) is 0.727. The number of halogens is 12. The molecule has 148 valence electrons. The van der Waals surface area contributed by atoms with E-state index in [1.54, 1.807) is 0 Å². The molecule has 0 aliphatic heterocycles. The first kappa shape index (κ1) is 23.4. The highest BCUT2D eigenvalue weighted by Crippen LogP contribution is 2.60. The summed E-state index contributed by atoms with van der Waals surface area (Å²) < 4.78 is 158. The second kappa shape index (κ2) is 5.97. The van der Waals surface area contributed by atoms with Gasteiger partial charge in [-0.3, -0.25) is 0 Å². The van der Waals surface area contributed by atoms with Crippen LogP contribution in [0.2, 0.25) is 0 Å². The number of esters is 1. The first-order valence-electron chi connectivity index (χ1n) is 5.73. The van der Waals surface area contributed by atoms with E-state index in [0.717, 1.165) is 0 Å². The van der Waals surface area contributed by atoms with Crippen molar-refractivity contribution >= 4 is 5.97 Å². The molecule has 0 aliphatic carbocycles. The average Bonchev–Trinajstić information content (AvgIpc) is 2.35. The lowest BCUT2D eigenvalue weighted by atomic mass is 9.94. The summed E-state index contributed by atoms with van der Waals surface area (Å²) in [6, 6.07) is 0. The molecule has 0 heterocycles. The maximum atomic E-state index is 13.2. The molecule has 0 fully saturated rings. The third kappa shape index (κ3) is 3.38. The van der Waals surface area contributed by atoms with Gasteiger partial charge >= 0.3 is 41.7 Å². The minimum Gasteiger partial charge on any atom is -0.393 e. The van der Waals surface area contributed by atoms with E-state index >= 15 is 0 Å². The lowest BCUT2D eigenvalue weighted by Gasteiger charge is -2.39. The zero-order valence-electron chi connectivity index (χ0n) is 12.1. The van der Waals surface area contributed by atoms with Crippen LogP contribution < -0.4 is 0 Å². The number of carbonyl (C=O) groups is 1. The summed E-state index contributed by atoms with van der Waals surface area (Å²) in [4.78, 5) is 10.7. The van der Waals surface area contributed by atoms with Crippen LogP contribution in [0.15, 0.2) is 12.2 Å². The van der Waals surface area contributed by atoms with Crippen LogP contribution in [0.25, 0.3) is 0 Å². The van der Waals surface area contributed by atoms with E-state index in [0.29, 0.717) is 6.92 Å². The zero-order valence-corrected chi connectivity index (χ0v) is 12.1. The summed E-state index contributed by atoms with van der Waals surface area (Å²) in [5.41, 5.74) is -1.07. The molecular weight excluding hydrogens is 392 g/mol. The number of rotatable bonds is 7. The summed E-state index contributed by atoms with van der Waals surface area (Å²) in [5.74, 6) is -38.6.